The summed E-state index contributed by atoms with van der Waals surface area (Å²) in [5.74, 6) is -2.44. The van der Waals surface area contributed by atoms with Crippen molar-refractivity contribution in [2.45, 2.75) is 13.0 Å². The maximum Gasteiger partial charge on any atom is 0.338 e. The van der Waals surface area contributed by atoms with Gasteiger partial charge in [-0.05, 0) is 19.1 Å². The molecule has 0 radical (unpaired) electrons. The van der Waals surface area contributed by atoms with Crippen LogP contribution in [0.5, 0.6) is 0 Å². The van der Waals surface area contributed by atoms with Crippen LogP contribution in [0.25, 0.3) is 0 Å². The van der Waals surface area contributed by atoms with Gasteiger partial charge in [-0.25, -0.2) is 18.6 Å². The van der Waals surface area contributed by atoms with Crippen LogP contribution in [0.3, 0.4) is 0 Å². The second-order valence-corrected chi connectivity index (χ2v) is 7.66. The van der Waals surface area contributed by atoms with Gasteiger partial charge in [0.1, 0.15) is 17.6 Å². The Morgan fingerprint density at radius 2 is 2.00 bits per heavy atom. The zero-order chi connectivity index (χ0) is 24.0. The Balaban J connectivity index is 2.14. The van der Waals surface area contributed by atoms with Gasteiger partial charge in [0.25, 0.3) is 0 Å². The number of ether oxygens (including phenoxy) is 3. The van der Waals surface area contributed by atoms with Crippen LogP contribution in [0.15, 0.2) is 46.7 Å². The minimum absolute atomic E-state index is 0.0260. The largest absolute Gasteiger partial charge is 0.463 e. The lowest BCUT2D eigenvalue weighted by Crippen LogP contribution is -2.37. The van der Waals surface area contributed by atoms with Gasteiger partial charge in [0.05, 0.1) is 43.9 Å². The normalized spacial score (nSPS) is 15.8. The zero-order valence-electron chi connectivity index (χ0n) is 17.8. The molecule has 0 aliphatic carbocycles. The first-order chi connectivity index (χ1) is 15.8. The first kappa shape index (κ1) is 25.0. The molecule has 7 nitrogen and oxygen atoms in total. The van der Waals surface area contributed by atoms with Crippen LogP contribution in [-0.4, -0.2) is 50.3 Å². The Hall–Kier alpha value is -2.59. The number of amidine groups is 1. The van der Waals surface area contributed by atoms with Crippen LogP contribution in [0, 0.1) is 11.6 Å². The summed E-state index contributed by atoms with van der Waals surface area (Å²) in [5.41, 5.74) is 0.602. The molecule has 1 N–H and O–H groups in total. The number of hydrogen-bond acceptors (Lipinski definition) is 7. The van der Waals surface area contributed by atoms with Crippen LogP contribution in [0.2, 0.25) is 10.0 Å². The molecule has 2 aromatic rings. The molecule has 1 aromatic heterocycles. The van der Waals surface area contributed by atoms with E-state index < -0.39 is 23.6 Å². The molecule has 0 saturated carbocycles. The third-order valence-electron chi connectivity index (χ3n) is 4.59. The molecule has 0 saturated heterocycles. The molecular weight excluding hydrogens is 479 g/mol. The second-order valence-electron chi connectivity index (χ2n) is 6.81. The Morgan fingerprint density at radius 1 is 1.21 bits per heavy atom. The number of pyridine rings is 1. The number of carbonyl (C=O) groups is 1. The number of hydrogen-bond donors (Lipinski definition) is 1. The molecule has 3 rings (SSSR count). The van der Waals surface area contributed by atoms with E-state index in [0.29, 0.717) is 23.3 Å². The summed E-state index contributed by atoms with van der Waals surface area (Å²) in [5, 5.41) is 3.52. The number of nitrogens with zero attached hydrogens (tertiary/aromatic N) is 2. The van der Waals surface area contributed by atoms with Crippen molar-refractivity contribution in [1.82, 2.24) is 10.3 Å². The number of halogens is 4. The fraction of sp³-hybridized carbons (Fsp3) is 0.318. The molecule has 1 unspecified atom stereocenters. The van der Waals surface area contributed by atoms with Crippen molar-refractivity contribution in [1.29, 1.82) is 0 Å². The van der Waals surface area contributed by atoms with Gasteiger partial charge < -0.3 is 19.5 Å². The second kappa shape index (κ2) is 11.5. The number of aliphatic imine (C=N–C) groups is 1. The maximum absolute atomic E-state index is 14.5. The number of aromatic nitrogens is 1. The van der Waals surface area contributed by atoms with Crippen LogP contribution in [0.1, 0.15) is 24.2 Å². The molecule has 0 amide bonds. The highest BCUT2D eigenvalue weighted by Gasteiger charge is 2.34. The Kier molecular flexibility index (Phi) is 8.74. The smallest absolute Gasteiger partial charge is 0.338 e. The van der Waals surface area contributed by atoms with E-state index in [0.717, 1.165) is 6.20 Å². The van der Waals surface area contributed by atoms with Gasteiger partial charge in [-0.3, -0.25) is 4.99 Å². The van der Waals surface area contributed by atoms with Crippen LogP contribution < -0.4 is 5.32 Å². The van der Waals surface area contributed by atoms with Gasteiger partial charge in [0, 0.05) is 28.8 Å². The van der Waals surface area contributed by atoms with E-state index in [-0.39, 0.29) is 47.6 Å². The molecule has 33 heavy (non-hydrogen) atoms. The Morgan fingerprint density at radius 3 is 2.67 bits per heavy atom. The number of esters is 1. The van der Waals surface area contributed by atoms with Crippen molar-refractivity contribution in [2.24, 2.45) is 4.99 Å². The number of carbonyl (C=O) groups excluding carboxylic acids is 1. The van der Waals surface area contributed by atoms with Gasteiger partial charge in [-0.15, -0.1) is 0 Å². The monoisotopic (exact) mass is 499 g/mol. The molecule has 1 aliphatic heterocycles. The van der Waals surface area contributed by atoms with Crippen LogP contribution in [0.4, 0.5) is 8.78 Å². The lowest BCUT2D eigenvalue weighted by molar-refractivity contribution is -0.139. The number of nitrogens with one attached hydrogen (secondary N) is 1. The van der Waals surface area contributed by atoms with E-state index in [1.807, 2.05) is 0 Å². The topological polar surface area (TPSA) is 82.0 Å². The average molecular weight is 500 g/mol. The molecule has 0 fully saturated rings. The summed E-state index contributed by atoms with van der Waals surface area (Å²) in [4.78, 5) is 21.3. The van der Waals surface area contributed by atoms with E-state index >= 15 is 0 Å². The summed E-state index contributed by atoms with van der Waals surface area (Å²) < 4.78 is 43.8. The highest BCUT2D eigenvalue weighted by molar-refractivity contribution is 6.35. The van der Waals surface area contributed by atoms with Crippen molar-refractivity contribution in [3.63, 3.8) is 0 Å². The standard InChI is InChI=1S/C22H21Cl2F2N3O4/c1-3-33-22(30)18-17(11-32-7-6-31-2)28-21(20-16(26)9-13(25)10-27-20)29-19(18)14-5-4-12(23)8-15(14)24/h4-5,8-10,19H,3,6-7,11H2,1-2H3,(H,28,29). The van der Waals surface area contributed by atoms with Crippen LogP contribution >= 0.6 is 23.2 Å². The third-order valence-corrected chi connectivity index (χ3v) is 5.15. The van der Waals surface area contributed by atoms with Crippen molar-refractivity contribution >= 4 is 35.0 Å². The predicted molar refractivity (Wildman–Crippen MR) is 119 cm³/mol. The molecule has 1 aliphatic rings. The van der Waals surface area contributed by atoms with Gasteiger partial charge >= 0.3 is 5.97 Å². The van der Waals surface area contributed by atoms with Gasteiger partial charge in [0.15, 0.2) is 11.7 Å². The number of benzene rings is 1. The van der Waals surface area contributed by atoms with Crippen molar-refractivity contribution in [3.05, 3.63) is 74.7 Å². The molecule has 176 valence electrons. The number of methoxy groups -OCH3 is 1. The van der Waals surface area contributed by atoms with Crippen LogP contribution in [-0.2, 0) is 19.0 Å². The Bertz CT molecular complexity index is 1100. The summed E-state index contributed by atoms with van der Waals surface area (Å²) >= 11 is 12.4. The predicted octanol–water partition coefficient (Wildman–Crippen LogP) is 4.24. The fourth-order valence-corrected chi connectivity index (χ4v) is 3.64. The third kappa shape index (κ3) is 6.05. The molecule has 1 aromatic carbocycles. The van der Waals surface area contributed by atoms with Gasteiger partial charge in [-0.2, -0.15) is 0 Å². The van der Waals surface area contributed by atoms with E-state index in [2.05, 4.69) is 15.3 Å². The minimum Gasteiger partial charge on any atom is -0.463 e. The maximum atomic E-state index is 14.5. The SMILES string of the molecule is CCOC(=O)C1=C(COCCOC)NC(c2ncc(F)cc2F)=NC1c1ccc(Cl)cc1Cl. The molecular formula is C22H21Cl2F2N3O4. The summed E-state index contributed by atoms with van der Waals surface area (Å²) in [6, 6.07) is 4.41. The summed E-state index contributed by atoms with van der Waals surface area (Å²) in [6.07, 6.45) is 0.867. The van der Waals surface area contributed by atoms with E-state index in [1.54, 1.807) is 19.1 Å². The van der Waals surface area contributed by atoms with E-state index in [4.69, 9.17) is 37.4 Å². The van der Waals surface area contributed by atoms with Crippen molar-refractivity contribution in [2.75, 3.05) is 33.5 Å². The van der Waals surface area contributed by atoms with Crippen molar-refractivity contribution < 1.29 is 27.8 Å². The minimum atomic E-state index is -0.989. The molecule has 0 bridgehead atoms. The van der Waals surface area contributed by atoms with Gasteiger partial charge in [0.2, 0.25) is 0 Å². The summed E-state index contributed by atoms with van der Waals surface area (Å²) in [7, 11) is 1.53. The van der Waals surface area contributed by atoms with Gasteiger partial charge in [-0.1, -0.05) is 29.3 Å². The van der Waals surface area contributed by atoms with E-state index in [1.165, 1.54) is 13.2 Å². The molecule has 0 spiro atoms. The molecule has 2 heterocycles. The first-order valence-electron chi connectivity index (χ1n) is 9.93. The lowest BCUT2D eigenvalue weighted by Gasteiger charge is -2.28. The fourth-order valence-electron chi connectivity index (χ4n) is 3.13. The average Bonchev–Trinajstić information content (AvgIpc) is 2.76. The van der Waals surface area contributed by atoms with Crippen molar-refractivity contribution in [3.8, 4) is 0 Å². The highest BCUT2D eigenvalue weighted by Crippen LogP contribution is 2.37. The Labute approximate surface area is 199 Å². The quantitative estimate of drug-likeness (QED) is 0.410. The highest BCUT2D eigenvalue weighted by atomic mass is 35.5. The zero-order valence-corrected chi connectivity index (χ0v) is 19.3. The lowest BCUT2D eigenvalue weighted by atomic mass is 9.95. The first-order valence-corrected chi connectivity index (χ1v) is 10.7. The number of rotatable bonds is 9. The summed E-state index contributed by atoms with van der Waals surface area (Å²) in [6.45, 7) is 2.27. The van der Waals surface area contributed by atoms with E-state index in [9.17, 15) is 13.6 Å². The molecule has 1 atom stereocenters. The molecule has 11 heteroatoms.